The van der Waals surface area contributed by atoms with Gasteiger partial charge >= 0.3 is 6.18 Å². The van der Waals surface area contributed by atoms with Crippen LogP contribution >= 0.6 is 11.6 Å². The lowest BCUT2D eigenvalue weighted by molar-refractivity contribution is -0.186. The molecule has 172 valence electrons. The molecule has 34 heavy (non-hydrogen) atoms. The number of hydrogen-bond acceptors (Lipinski definition) is 2. The Morgan fingerprint density at radius 2 is 1.15 bits per heavy atom. The molecule has 0 aromatic heterocycles. The van der Waals surface area contributed by atoms with E-state index in [0.29, 0.717) is 5.69 Å². The van der Waals surface area contributed by atoms with Crippen LogP contribution in [0.2, 0.25) is 5.02 Å². The molecule has 1 unspecified atom stereocenters. The van der Waals surface area contributed by atoms with Gasteiger partial charge in [0.2, 0.25) is 5.60 Å². The summed E-state index contributed by atoms with van der Waals surface area (Å²) in [5.41, 5.74) is -0.442. The fourth-order valence-corrected chi connectivity index (χ4v) is 4.66. The van der Waals surface area contributed by atoms with Crippen LogP contribution in [0.3, 0.4) is 0 Å². The maximum atomic E-state index is 14.1. The maximum absolute atomic E-state index is 14.1. The third-order valence-corrected chi connectivity index (χ3v) is 6.49. The molecular formula is C28H21ClF3NO. The predicted octanol–water partition coefficient (Wildman–Crippen LogP) is 7.53. The molecule has 4 aromatic carbocycles. The van der Waals surface area contributed by atoms with Crippen molar-refractivity contribution in [2.24, 2.45) is 0 Å². The minimum Gasteiger partial charge on any atom is -0.368 e. The second kappa shape index (κ2) is 8.49. The molecule has 5 rings (SSSR count). The number of anilines is 1. The molecule has 6 heteroatoms. The fourth-order valence-electron chi connectivity index (χ4n) is 4.49. The summed E-state index contributed by atoms with van der Waals surface area (Å²) >= 11 is 6.17. The number of nitrogens with one attached hydrogen (secondary N) is 1. The fraction of sp³-hybridized carbons (Fsp3) is 0.143. The summed E-state index contributed by atoms with van der Waals surface area (Å²) in [6.07, 6.45) is -4.58. The van der Waals surface area contributed by atoms with Gasteiger partial charge in [0.1, 0.15) is 5.54 Å². The van der Waals surface area contributed by atoms with Gasteiger partial charge < -0.3 is 10.1 Å². The normalized spacial score (nSPS) is 17.9. The van der Waals surface area contributed by atoms with E-state index in [1.165, 1.54) is 6.07 Å². The Morgan fingerprint density at radius 1 is 0.706 bits per heavy atom. The second-order valence-corrected chi connectivity index (χ2v) is 8.71. The average Bonchev–Trinajstić information content (AvgIpc) is 3.67. The first-order valence-corrected chi connectivity index (χ1v) is 11.2. The van der Waals surface area contributed by atoms with Crippen molar-refractivity contribution in [3.63, 3.8) is 0 Å². The summed E-state index contributed by atoms with van der Waals surface area (Å²) < 4.78 is 47.3. The molecule has 0 radical (unpaired) electrons. The third kappa shape index (κ3) is 3.75. The number of benzene rings is 4. The zero-order valence-corrected chi connectivity index (χ0v) is 18.8. The molecule has 0 amide bonds. The first-order chi connectivity index (χ1) is 16.4. The Kier molecular flexibility index (Phi) is 5.62. The van der Waals surface area contributed by atoms with Gasteiger partial charge in [0.15, 0.2) is 0 Å². The molecule has 0 saturated carbocycles. The number of alkyl halides is 3. The maximum Gasteiger partial charge on any atom is 0.424 e. The summed E-state index contributed by atoms with van der Waals surface area (Å²) in [7, 11) is 0. The smallest absolute Gasteiger partial charge is 0.368 e. The van der Waals surface area contributed by atoms with Gasteiger partial charge in [-0.1, -0.05) is 103 Å². The predicted molar refractivity (Wildman–Crippen MR) is 128 cm³/mol. The molecule has 1 aliphatic heterocycles. The van der Waals surface area contributed by atoms with Crippen molar-refractivity contribution in [1.29, 1.82) is 0 Å². The van der Waals surface area contributed by atoms with E-state index in [-0.39, 0.29) is 10.6 Å². The molecule has 1 N–H and O–H groups in total. The number of epoxide rings is 1. The van der Waals surface area contributed by atoms with Crippen LogP contribution in [0.5, 0.6) is 0 Å². The second-order valence-electron chi connectivity index (χ2n) is 8.28. The first kappa shape index (κ1) is 22.5. The van der Waals surface area contributed by atoms with Crippen molar-refractivity contribution in [2.75, 3.05) is 11.9 Å². The van der Waals surface area contributed by atoms with E-state index in [9.17, 15) is 13.2 Å². The van der Waals surface area contributed by atoms with E-state index in [4.69, 9.17) is 16.3 Å². The molecule has 1 fully saturated rings. The zero-order valence-electron chi connectivity index (χ0n) is 18.0. The highest BCUT2D eigenvalue weighted by atomic mass is 35.5. The highest BCUT2D eigenvalue weighted by molar-refractivity contribution is 6.30. The summed E-state index contributed by atoms with van der Waals surface area (Å²) in [5, 5.41) is 3.73. The molecule has 1 atom stereocenters. The molecule has 4 aromatic rings. The standard InChI is InChI=1S/C28H21ClF3NO/c29-23-16-17-25(24(18-23)26(19-34-26)28(30,31)32)33-27(20-10-4-1-5-11-20,21-12-6-2-7-13-21)22-14-8-3-9-15-22/h1-18,33H,19H2. The monoisotopic (exact) mass is 479 g/mol. The molecule has 2 nitrogen and oxygen atoms in total. The quantitative estimate of drug-likeness (QED) is 0.228. The van der Waals surface area contributed by atoms with Crippen LogP contribution in [0.15, 0.2) is 109 Å². The van der Waals surface area contributed by atoms with Gasteiger partial charge in [0.25, 0.3) is 0 Å². The van der Waals surface area contributed by atoms with E-state index in [0.717, 1.165) is 16.7 Å². The van der Waals surface area contributed by atoms with Gasteiger partial charge in [-0.15, -0.1) is 0 Å². The molecule has 1 aliphatic rings. The molecule has 1 saturated heterocycles. The number of rotatable bonds is 6. The van der Waals surface area contributed by atoms with E-state index >= 15 is 0 Å². The number of halogens is 4. The van der Waals surface area contributed by atoms with Crippen LogP contribution in [0.1, 0.15) is 22.3 Å². The Morgan fingerprint density at radius 3 is 1.53 bits per heavy atom. The Balaban J connectivity index is 1.78. The van der Waals surface area contributed by atoms with Crippen LogP contribution in [-0.2, 0) is 15.9 Å². The van der Waals surface area contributed by atoms with Crippen LogP contribution in [-0.4, -0.2) is 12.8 Å². The van der Waals surface area contributed by atoms with Crippen LogP contribution in [0.25, 0.3) is 0 Å². The van der Waals surface area contributed by atoms with Crippen molar-refractivity contribution < 1.29 is 17.9 Å². The minimum absolute atomic E-state index is 0.0281. The lowest BCUT2D eigenvalue weighted by Gasteiger charge is -2.39. The van der Waals surface area contributed by atoms with Gasteiger partial charge in [0, 0.05) is 16.3 Å². The third-order valence-electron chi connectivity index (χ3n) is 6.25. The van der Waals surface area contributed by atoms with Crippen molar-refractivity contribution in [3.05, 3.63) is 136 Å². The van der Waals surface area contributed by atoms with Crippen LogP contribution < -0.4 is 5.32 Å². The molecule has 0 aliphatic carbocycles. The van der Waals surface area contributed by atoms with Crippen molar-refractivity contribution in [2.45, 2.75) is 17.3 Å². The van der Waals surface area contributed by atoms with Crippen molar-refractivity contribution >= 4 is 17.3 Å². The topological polar surface area (TPSA) is 24.6 Å². The van der Waals surface area contributed by atoms with Crippen LogP contribution in [0, 0.1) is 0 Å². The largest absolute Gasteiger partial charge is 0.424 e. The van der Waals surface area contributed by atoms with Gasteiger partial charge in [0.05, 0.1) is 6.61 Å². The van der Waals surface area contributed by atoms with Crippen molar-refractivity contribution in [1.82, 2.24) is 0 Å². The van der Waals surface area contributed by atoms with E-state index in [1.807, 2.05) is 91.0 Å². The lowest BCUT2D eigenvalue weighted by atomic mass is 9.76. The lowest BCUT2D eigenvalue weighted by Crippen LogP contribution is -2.39. The summed E-state index contributed by atoms with van der Waals surface area (Å²) in [4.78, 5) is 0. The van der Waals surface area contributed by atoms with Gasteiger partial charge in [-0.2, -0.15) is 13.2 Å². The van der Waals surface area contributed by atoms with Crippen molar-refractivity contribution in [3.8, 4) is 0 Å². The van der Waals surface area contributed by atoms with E-state index < -0.39 is 23.9 Å². The summed E-state index contributed by atoms with van der Waals surface area (Å²) in [5.74, 6) is 0. The number of hydrogen-bond donors (Lipinski definition) is 1. The molecule has 0 bridgehead atoms. The molecular weight excluding hydrogens is 459 g/mol. The van der Waals surface area contributed by atoms with Gasteiger partial charge in [-0.05, 0) is 34.9 Å². The molecule has 0 spiro atoms. The SMILES string of the molecule is FC(F)(F)C1(c2cc(Cl)ccc2NC(c2ccccc2)(c2ccccc2)c2ccccc2)CO1. The van der Waals surface area contributed by atoms with E-state index in [2.05, 4.69) is 5.32 Å². The Labute approximate surface area is 201 Å². The highest BCUT2D eigenvalue weighted by Crippen LogP contribution is 2.55. The highest BCUT2D eigenvalue weighted by Gasteiger charge is 2.68. The zero-order chi connectivity index (χ0) is 23.8. The molecule has 1 heterocycles. The first-order valence-electron chi connectivity index (χ1n) is 10.8. The van der Waals surface area contributed by atoms with E-state index in [1.54, 1.807) is 12.1 Å². The van der Waals surface area contributed by atoms with Gasteiger partial charge in [-0.25, -0.2) is 0 Å². The summed E-state index contributed by atoms with van der Waals surface area (Å²) in [6.45, 7) is -0.444. The van der Waals surface area contributed by atoms with Gasteiger partial charge in [-0.3, -0.25) is 0 Å². The minimum atomic E-state index is -4.58. The van der Waals surface area contributed by atoms with Crippen LogP contribution in [0.4, 0.5) is 18.9 Å². The summed E-state index contributed by atoms with van der Waals surface area (Å²) in [6, 6.07) is 33.6. The number of ether oxygens (including phenoxy) is 1. The average molecular weight is 480 g/mol. The Hall–Kier alpha value is -3.28. The Bertz CT molecular complexity index is 1180.